The van der Waals surface area contributed by atoms with E-state index in [1.54, 1.807) is 42.5 Å². The molecule has 1 fully saturated rings. The lowest BCUT2D eigenvalue weighted by Crippen LogP contribution is -2.39. The van der Waals surface area contributed by atoms with Crippen LogP contribution in [0.5, 0.6) is 0 Å². The van der Waals surface area contributed by atoms with Gasteiger partial charge in [0.15, 0.2) is 0 Å². The maximum Gasteiger partial charge on any atom is 0.343 e. The quantitative estimate of drug-likeness (QED) is 0.503. The molecule has 0 aliphatic carbocycles. The fourth-order valence-electron chi connectivity index (χ4n) is 3.82. The molecule has 1 saturated heterocycles. The zero-order chi connectivity index (χ0) is 22.6. The topological polar surface area (TPSA) is 103 Å². The summed E-state index contributed by atoms with van der Waals surface area (Å²) in [4.78, 5) is 27.9. The highest BCUT2D eigenvalue weighted by molar-refractivity contribution is 7.90. The van der Waals surface area contributed by atoms with Crippen LogP contribution in [0.15, 0.2) is 64.3 Å². The molecule has 3 aromatic rings. The van der Waals surface area contributed by atoms with Crippen LogP contribution in [-0.4, -0.2) is 67.2 Å². The molecule has 1 amide bonds. The first-order valence-corrected chi connectivity index (χ1v) is 12.0. The molecule has 0 unspecified atom stereocenters. The molecule has 0 saturated carbocycles. The molecule has 170 valence electrons. The van der Waals surface area contributed by atoms with E-state index in [9.17, 15) is 18.0 Å². The van der Waals surface area contributed by atoms with Gasteiger partial charge in [0.1, 0.15) is 6.54 Å². The van der Waals surface area contributed by atoms with E-state index in [0.717, 1.165) is 43.2 Å². The first kappa shape index (κ1) is 22.3. The third-order valence-corrected chi connectivity index (χ3v) is 7.16. The lowest BCUT2D eigenvalue weighted by molar-refractivity contribution is -0.121. The molecule has 0 bridgehead atoms. The van der Waals surface area contributed by atoms with Crippen LogP contribution >= 0.6 is 0 Å². The fourth-order valence-corrected chi connectivity index (χ4v) is 5.25. The Bertz CT molecular complexity index is 1240. The van der Waals surface area contributed by atoms with E-state index in [4.69, 9.17) is 4.74 Å². The van der Waals surface area contributed by atoms with Crippen LogP contribution in [0.25, 0.3) is 11.0 Å². The molecule has 2 aromatic carbocycles. The monoisotopic (exact) mass is 458 g/mol. The number of nitrogens with one attached hydrogen (secondary N) is 1. The smallest absolute Gasteiger partial charge is 0.343 e. The molecule has 0 spiro atoms. The van der Waals surface area contributed by atoms with Gasteiger partial charge in [0.05, 0.1) is 29.1 Å². The predicted octanol–water partition coefficient (Wildman–Crippen LogP) is 0.879. The van der Waals surface area contributed by atoms with E-state index in [1.807, 2.05) is 0 Å². The van der Waals surface area contributed by atoms with Crippen molar-refractivity contribution in [2.24, 2.45) is 0 Å². The van der Waals surface area contributed by atoms with Crippen molar-refractivity contribution in [3.8, 4) is 0 Å². The molecule has 1 aromatic heterocycles. The maximum absolute atomic E-state index is 13.2. The Morgan fingerprint density at radius 2 is 1.62 bits per heavy atom. The van der Waals surface area contributed by atoms with Crippen molar-refractivity contribution < 1.29 is 17.9 Å². The number of imidazole rings is 1. The fraction of sp³-hybridized carbons (Fsp3) is 0.364. The van der Waals surface area contributed by atoms with E-state index in [0.29, 0.717) is 12.1 Å². The second-order valence-corrected chi connectivity index (χ2v) is 9.38. The van der Waals surface area contributed by atoms with Crippen molar-refractivity contribution >= 4 is 27.0 Å². The van der Waals surface area contributed by atoms with Gasteiger partial charge in [-0.05, 0) is 37.2 Å². The number of carbonyl (C=O) groups excluding carboxylic acids is 1. The minimum atomic E-state index is -4.11. The third-order valence-electron chi connectivity index (χ3n) is 5.46. The largest absolute Gasteiger partial charge is 0.379 e. The Morgan fingerprint density at radius 1 is 0.969 bits per heavy atom. The summed E-state index contributed by atoms with van der Waals surface area (Å²) in [6.07, 6.45) is 0.783. The van der Waals surface area contributed by atoms with Crippen LogP contribution in [0.4, 0.5) is 0 Å². The third kappa shape index (κ3) is 4.62. The number of hydrogen-bond donors (Lipinski definition) is 1. The predicted molar refractivity (Wildman–Crippen MR) is 120 cm³/mol. The van der Waals surface area contributed by atoms with E-state index in [1.165, 1.54) is 16.7 Å². The second kappa shape index (κ2) is 9.68. The summed E-state index contributed by atoms with van der Waals surface area (Å²) in [6.45, 7) is 4.31. The summed E-state index contributed by atoms with van der Waals surface area (Å²) >= 11 is 0. The zero-order valence-electron chi connectivity index (χ0n) is 17.6. The number of amides is 1. The van der Waals surface area contributed by atoms with Crippen LogP contribution in [0.1, 0.15) is 6.42 Å². The van der Waals surface area contributed by atoms with E-state index >= 15 is 0 Å². The molecule has 0 atom stereocenters. The number of para-hydroxylation sites is 2. The Labute approximate surface area is 186 Å². The van der Waals surface area contributed by atoms with Crippen molar-refractivity contribution in [3.63, 3.8) is 0 Å². The standard InChI is InChI=1S/C22H26N4O5S/c27-21(23-11-6-12-24-13-15-31-16-14-24)17-25-19-9-4-5-10-20(19)26(22(25)28)32(29,30)18-7-2-1-3-8-18/h1-5,7-10H,6,11-17H2,(H,23,27). The number of fused-ring (bicyclic) bond motifs is 1. The van der Waals surface area contributed by atoms with Crippen LogP contribution in [0.2, 0.25) is 0 Å². The molecular weight excluding hydrogens is 432 g/mol. The molecule has 1 aliphatic rings. The molecular formula is C22H26N4O5S. The summed E-state index contributed by atoms with van der Waals surface area (Å²) in [7, 11) is -4.11. The zero-order valence-corrected chi connectivity index (χ0v) is 18.5. The van der Waals surface area contributed by atoms with E-state index < -0.39 is 15.7 Å². The highest BCUT2D eigenvalue weighted by Gasteiger charge is 2.25. The van der Waals surface area contributed by atoms with Gasteiger partial charge in [-0.1, -0.05) is 30.3 Å². The Balaban J connectivity index is 1.52. The van der Waals surface area contributed by atoms with Crippen LogP contribution in [-0.2, 0) is 26.1 Å². The number of rotatable bonds is 8. The molecule has 1 aliphatic heterocycles. The SMILES string of the molecule is O=C(Cn1c(=O)n(S(=O)(=O)c2ccccc2)c2ccccc21)NCCCN1CCOCC1. The van der Waals surface area contributed by atoms with Gasteiger partial charge in [-0.3, -0.25) is 14.3 Å². The number of benzene rings is 2. The van der Waals surface area contributed by atoms with Crippen molar-refractivity contribution in [1.82, 2.24) is 18.8 Å². The number of carbonyl (C=O) groups is 1. The number of hydrogen-bond acceptors (Lipinski definition) is 6. The molecule has 1 N–H and O–H groups in total. The molecule has 4 rings (SSSR count). The summed E-state index contributed by atoms with van der Waals surface area (Å²) in [5.41, 5.74) is -0.138. The first-order chi connectivity index (χ1) is 15.5. The van der Waals surface area contributed by atoms with Crippen molar-refractivity contribution in [1.29, 1.82) is 0 Å². The minimum absolute atomic E-state index is 0.0116. The Hall–Kier alpha value is -2.95. The maximum atomic E-state index is 13.2. The highest BCUT2D eigenvalue weighted by Crippen LogP contribution is 2.19. The Morgan fingerprint density at radius 3 is 2.34 bits per heavy atom. The minimum Gasteiger partial charge on any atom is -0.379 e. The van der Waals surface area contributed by atoms with Gasteiger partial charge >= 0.3 is 5.69 Å². The van der Waals surface area contributed by atoms with Gasteiger partial charge in [-0.2, -0.15) is 3.97 Å². The molecule has 10 heteroatoms. The summed E-state index contributed by atoms with van der Waals surface area (Å²) in [5, 5.41) is 2.83. The number of morpholine rings is 1. The van der Waals surface area contributed by atoms with Gasteiger partial charge in [0, 0.05) is 19.6 Å². The molecule has 2 heterocycles. The van der Waals surface area contributed by atoms with Crippen LogP contribution in [0, 0.1) is 0 Å². The average Bonchev–Trinajstić information content (AvgIpc) is 3.10. The lowest BCUT2D eigenvalue weighted by atomic mass is 10.3. The van der Waals surface area contributed by atoms with E-state index in [-0.39, 0.29) is 22.9 Å². The first-order valence-electron chi connectivity index (χ1n) is 10.6. The number of ether oxygens (including phenoxy) is 1. The Kier molecular flexibility index (Phi) is 6.73. The van der Waals surface area contributed by atoms with Crippen LogP contribution < -0.4 is 11.0 Å². The van der Waals surface area contributed by atoms with Crippen molar-refractivity contribution in [2.75, 3.05) is 39.4 Å². The van der Waals surface area contributed by atoms with Crippen LogP contribution in [0.3, 0.4) is 0 Å². The lowest BCUT2D eigenvalue weighted by Gasteiger charge is -2.26. The van der Waals surface area contributed by atoms with E-state index in [2.05, 4.69) is 10.2 Å². The van der Waals surface area contributed by atoms with Gasteiger partial charge in [0.25, 0.3) is 10.0 Å². The van der Waals surface area contributed by atoms with Crippen molar-refractivity contribution in [2.45, 2.75) is 17.9 Å². The van der Waals surface area contributed by atoms with Gasteiger partial charge < -0.3 is 10.1 Å². The summed E-state index contributed by atoms with van der Waals surface area (Å²) in [5.74, 6) is -0.339. The molecule has 0 radical (unpaired) electrons. The van der Waals surface area contributed by atoms with Gasteiger partial charge in [0.2, 0.25) is 5.91 Å². The summed E-state index contributed by atoms with van der Waals surface area (Å²) in [6, 6.07) is 14.3. The average molecular weight is 459 g/mol. The summed E-state index contributed by atoms with van der Waals surface area (Å²) < 4.78 is 33.6. The normalized spacial score (nSPS) is 15.1. The number of aromatic nitrogens is 2. The van der Waals surface area contributed by atoms with Crippen molar-refractivity contribution in [3.05, 3.63) is 65.1 Å². The van der Waals surface area contributed by atoms with Gasteiger partial charge in [-0.25, -0.2) is 13.2 Å². The molecule has 32 heavy (non-hydrogen) atoms. The highest BCUT2D eigenvalue weighted by atomic mass is 32.2. The van der Waals surface area contributed by atoms with Gasteiger partial charge in [-0.15, -0.1) is 0 Å². The molecule has 9 nitrogen and oxygen atoms in total. The second-order valence-electron chi connectivity index (χ2n) is 7.60. The number of nitrogens with zero attached hydrogens (tertiary/aromatic N) is 3.